The van der Waals surface area contributed by atoms with Crippen LogP contribution in [0.3, 0.4) is 0 Å². The van der Waals surface area contributed by atoms with E-state index in [1.807, 2.05) is 6.92 Å². The van der Waals surface area contributed by atoms with Crippen molar-refractivity contribution in [1.29, 1.82) is 0 Å². The maximum Gasteiger partial charge on any atom is 0.271 e. The topological polar surface area (TPSA) is 72.2 Å². The van der Waals surface area contributed by atoms with Crippen LogP contribution in [-0.4, -0.2) is 22.2 Å². The third-order valence-corrected chi connectivity index (χ3v) is 2.86. The molecule has 1 atom stereocenters. The Morgan fingerprint density at radius 2 is 2.22 bits per heavy atom. The van der Waals surface area contributed by atoms with Crippen molar-refractivity contribution in [3.05, 3.63) is 38.9 Å². The van der Waals surface area contributed by atoms with Crippen LogP contribution in [0.15, 0.2) is 18.2 Å². The highest BCUT2D eigenvalue weighted by Crippen LogP contribution is 2.20. The van der Waals surface area contributed by atoms with Gasteiger partial charge in [-0.25, -0.2) is 0 Å². The van der Waals surface area contributed by atoms with Crippen LogP contribution in [0.5, 0.6) is 0 Å². The van der Waals surface area contributed by atoms with E-state index in [4.69, 9.17) is 11.6 Å². The summed E-state index contributed by atoms with van der Waals surface area (Å²) in [5.74, 6) is -0.367. The highest BCUT2D eigenvalue weighted by atomic mass is 79.9. The molecule has 1 aromatic carbocycles. The zero-order valence-electron chi connectivity index (χ0n) is 9.65. The number of hydrogen-bond donors (Lipinski definition) is 1. The van der Waals surface area contributed by atoms with Gasteiger partial charge in [-0.1, -0.05) is 34.5 Å². The first-order chi connectivity index (χ1) is 8.40. The molecule has 18 heavy (non-hydrogen) atoms. The van der Waals surface area contributed by atoms with Gasteiger partial charge >= 0.3 is 0 Å². The summed E-state index contributed by atoms with van der Waals surface area (Å²) in [6.45, 7) is 2.46. The molecule has 0 radical (unpaired) electrons. The van der Waals surface area contributed by atoms with Gasteiger partial charge in [0.2, 0.25) is 0 Å². The number of alkyl halides is 1. The Kier molecular flexibility index (Phi) is 5.55. The van der Waals surface area contributed by atoms with Gasteiger partial charge in [0.1, 0.15) is 0 Å². The second-order valence-corrected chi connectivity index (χ2v) is 5.78. The smallest absolute Gasteiger partial charge is 0.271 e. The minimum absolute atomic E-state index is 0.170. The van der Waals surface area contributed by atoms with Crippen LogP contribution in [0.2, 0.25) is 5.02 Å². The second-order valence-electron chi connectivity index (χ2n) is 3.78. The van der Waals surface area contributed by atoms with E-state index in [1.165, 1.54) is 18.2 Å². The molecule has 1 aromatic rings. The van der Waals surface area contributed by atoms with Crippen molar-refractivity contribution >= 4 is 39.1 Å². The summed E-state index contributed by atoms with van der Waals surface area (Å²) in [4.78, 5) is 22.1. The number of benzene rings is 1. The van der Waals surface area contributed by atoms with Gasteiger partial charge in [-0.3, -0.25) is 14.9 Å². The monoisotopic (exact) mass is 334 g/mol. The Balaban J connectivity index is 2.76. The molecule has 0 aliphatic heterocycles. The van der Waals surface area contributed by atoms with Gasteiger partial charge in [0.25, 0.3) is 11.6 Å². The number of non-ortho nitro benzene ring substituents is 1. The van der Waals surface area contributed by atoms with Crippen LogP contribution in [0.4, 0.5) is 5.69 Å². The van der Waals surface area contributed by atoms with Crippen molar-refractivity contribution in [2.45, 2.75) is 18.2 Å². The van der Waals surface area contributed by atoms with Crippen LogP contribution in [-0.2, 0) is 0 Å². The Bertz CT molecular complexity index is 466. The van der Waals surface area contributed by atoms with E-state index in [-0.39, 0.29) is 22.2 Å². The minimum Gasteiger partial charge on any atom is -0.352 e. The minimum atomic E-state index is -0.580. The number of rotatable bonds is 5. The number of nitrogens with zero attached hydrogens (tertiary/aromatic N) is 1. The molecule has 1 N–H and O–H groups in total. The fourth-order valence-corrected chi connectivity index (χ4v) is 1.76. The predicted molar refractivity (Wildman–Crippen MR) is 73.4 cm³/mol. The van der Waals surface area contributed by atoms with E-state index in [9.17, 15) is 14.9 Å². The van der Waals surface area contributed by atoms with Crippen LogP contribution < -0.4 is 5.32 Å². The van der Waals surface area contributed by atoms with E-state index < -0.39 is 4.92 Å². The number of halogens is 2. The van der Waals surface area contributed by atoms with Crippen molar-refractivity contribution in [3.8, 4) is 0 Å². The summed E-state index contributed by atoms with van der Waals surface area (Å²) < 4.78 is 0. The molecule has 0 aliphatic carbocycles. The highest BCUT2D eigenvalue weighted by Gasteiger charge is 2.13. The second kappa shape index (κ2) is 6.70. The quantitative estimate of drug-likeness (QED) is 0.510. The lowest BCUT2D eigenvalue weighted by atomic mass is 10.2. The van der Waals surface area contributed by atoms with Crippen LogP contribution in [0.25, 0.3) is 0 Å². The first kappa shape index (κ1) is 14.9. The molecule has 0 heterocycles. The fraction of sp³-hybridized carbons (Fsp3) is 0.364. The number of amides is 1. The van der Waals surface area contributed by atoms with Gasteiger partial charge in [-0.2, -0.15) is 0 Å². The molecule has 1 rings (SSSR count). The third-order valence-electron chi connectivity index (χ3n) is 2.18. The summed E-state index contributed by atoms with van der Waals surface area (Å²) in [6, 6.07) is 3.82. The van der Waals surface area contributed by atoms with Crippen LogP contribution in [0, 0.1) is 10.1 Å². The lowest BCUT2D eigenvalue weighted by Crippen LogP contribution is -2.25. The number of nitro groups is 1. The first-order valence-electron chi connectivity index (χ1n) is 5.27. The molecule has 0 bridgehead atoms. The van der Waals surface area contributed by atoms with Gasteiger partial charge < -0.3 is 5.32 Å². The largest absolute Gasteiger partial charge is 0.352 e. The molecule has 0 fully saturated rings. The maximum absolute atomic E-state index is 11.7. The Labute approximate surface area is 118 Å². The number of nitrogens with one attached hydrogen (secondary N) is 1. The summed E-state index contributed by atoms with van der Waals surface area (Å²) >= 11 is 9.09. The number of hydrogen-bond acceptors (Lipinski definition) is 3. The van der Waals surface area contributed by atoms with Crippen molar-refractivity contribution in [2.24, 2.45) is 0 Å². The molecule has 0 spiro atoms. The lowest BCUT2D eigenvalue weighted by Gasteiger charge is -2.06. The van der Waals surface area contributed by atoms with Gasteiger partial charge in [-0.15, -0.1) is 0 Å². The molecule has 0 aromatic heterocycles. The normalized spacial score (nSPS) is 11.9. The standard InChI is InChI=1S/C11H12BrClN2O3/c1-7(12)2-3-14-11(16)8-4-9(13)6-10(5-8)15(17)18/h4-7H,2-3H2,1H3,(H,14,16). The average Bonchev–Trinajstić information content (AvgIpc) is 2.27. The molecule has 98 valence electrons. The SMILES string of the molecule is CC(Br)CCNC(=O)c1cc(Cl)cc([N+](=O)[O-])c1. The van der Waals surface area contributed by atoms with Crippen molar-refractivity contribution in [3.63, 3.8) is 0 Å². The van der Waals surface area contributed by atoms with Gasteiger partial charge in [0.15, 0.2) is 0 Å². The number of nitro benzene ring substituents is 1. The molecule has 0 saturated heterocycles. The first-order valence-corrected chi connectivity index (χ1v) is 6.56. The third kappa shape index (κ3) is 4.62. The lowest BCUT2D eigenvalue weighted by molar-refractivity contribution is -0.384. The molecule has 5 nitrogen and oxygen atoms in total. The Morgan fingerprint density at radius 1 is 1.56 bits per heavy atom. The molecule has 1 unspecified atom stereocenters. The molecule has 0 aliphatic rings. The van der Waals surface area contributed by atoms with E-state index in [0.29, 0.717) is 11.4 Å². The Morgan fingerprint density at radius 3 is 2.78 bits per heavy atom. The molecule has 0 saturated carbocycles. The van der Waals surface area contributed by atoms with E-state index >= 15 is 0 Å². The van der Waals surface area contributed by atoms with Gasteiger partial charge in [-0.05, 0) is 12.5 Å². The summed E-state index contributed by atoms with van der Waals surface area (Å²) in [6.07, 6.45) is 0.772. The molecular weight excluding hydrogens is 323 g/mol. The molecule has 7 heteroatoms. The Hall–Kier alpha value is -1.14. The van der Waals surface area contributed by atoms with Crippen LogP contribution >= 0.6 is 27.5 Å². The van der Waals surface area contributed by atoms with Crippen LogP contribution in [0.1, 0.15) is 23.7 Å². The molecule has 1 amide bonds. The van der Waals surface area contributed by atoms with E-state index in [2.05, 4.69) is 21.2 Å². The average molecular weight is 336 g/mol. The van der Waals surface area contributed by atoms with Gasteiger partial charge in [0.05, 0.1) is 4.92 Å². The van der Waals surface area contributed by atoms with Crippen molar-refractivity contribution in [1.82, 2.24) is 5.32 Å². The number of carbonyl (C=O) groups excluding carboxylic acids is 1. The van der Waals surface area contributed by atoms with E-state index in [0.717, 1.165) is 6.42 Å². The summed E-state index contributed by atoms with van der Waals surface area (Å²) in [7, 11) is 0. The maximum atomic E-state index is 11.7. The molecular formula is C11H12BrClN2O3. The van der Waals surface area contributed by atoms with Crippen molar-refractivity contribution in [2.75, 3.05) is 6.54 Å². The van der Waals surface area contributed by atoms with Crippen molar-refractivity contribution < 1.29 is 9.72 Å². The predicted octanol–water partition coefficient (Wildman–Crippen LogP) is 3.15. The highest BCUT2D eigenvalue weighted by molar-refractivity contribution is 9.09. The zero-order valence-corrected chi connectivity index (χ0v) is 12.0. The fourth-order valence-electron chi connectivity index (χ4n) is 1.30. The zero-order chi connectivity index (χ0) is 13.7. The summed E-state index contributed by atoms with van der Waals surface area (Å²) in [5, 5.41) is 13.5. The van der Waals surface area contributed by atoms with E-state index in [1.54, 1.807) is 0 Å². The number of carbonyl (C=O) groups is 1. The van der Waals surface area contributed by atoms with Gasteiger partial charge in [0, 0.05) is 34.1 Å². The summed E-state index contributed by atoms with van der Waals surface area (Å²) in [5.41, 5.74) is -0.00191.